The molecule has 1 aromatic carbocycles. The molecule has 1 N–H and O–H groups in total. The molecule has 1 aromatic heterocycles. The molecule has 1 saturated heterocycles. The van der Waals surface area contributed by atoms with Crippen LogP contribution in [-0.2, 0) is 14.3 Å². The number of ether oxygens (including phenoxy) is 2. The van der Waals surface area contributed by atoms with Gasteiger partial charge in [0.05, 0.1) is 24.8 Å². The summed E-state index contributed by atoms with van der Waals surface area (Å²) in [5.41, 5.74) is 1.17. The Labute approximate surface area is 168 Å². The molecule has 1 aliphatic heterocycles. The van der Waals surface area contributed by atoms with Crippen LogP contribution in [0.1, 0.15) is 28.9 Å². The van der Waals surface area contributed by atoms with E-state index < -0.39 is 11.9 Å². The number of carbonyl (C=O) groups is 2. The molecule has 148 valence electrons. The summed E-state index contributed by atoms with van der Waals surface area (Å²) in [5.74, 6) is -0.196. The van der Waals surface area contributed by atoms with E-state index in [4.69, 9.17) is 21.1 Å². The molecule has 2 heterocycles. The Morgan fingerprint density at radius 2 is 2.07 bits per heavy atom. The smallest absolute Gasteiger partial charge is 0.340 e. The van der Waals surface area contributed by atoms with E-state index in [1.807, 2.05) is 19.1 Å². The van der Waals surface area contributed by atoms with Gasteiger partial charge in [0.1, 0.15) is 5.82 Å². The zero-order valence-electron chi connectivity index (χ0n) is 15.6. The van der Waals surface area contributed by atoms with Gasteiger partial charge in [-0.2, -0.15) is 0 Å². The first-order valence-electron chi connectivity index (χ1n) is 9.03. The van der Waals surface area contributed by atoms with Crippen LogP contribution in [0.4, 0.5) is 5.82 Å². The second kappa shape index (κ2) is 9.52. The van der Waals surface area contributed by atoms with Crippen molar-refractivity contribution in [1.29, 1.82) is 0 Å². The molecule has 1 atom stereocenters. The molecule has 0 saturated carbocycles. The van der Waals surface area contributed by atoms with E-state index in [0.717, 1.165) is 24.5 Å². The van der Waals surface area contributed by atoms with Crippen LogP contribution in [0.15, 0.2) is 42.6 Å². The van der Waals surface area contributed by atoms with E-state index in [2.05, 4.69) is 15.2 Å². The van der Waals surface area contributed by atoms with E-state index in [-0.39, 0.29) is 12.6 Å². The van der Waals surface area contributed by atoms with Crippen molar-refractivity contribution in [2.24, 2.45) is 0 Å². The molecule has 3 rings (SSSR count). The maximum Gasteiger partial charge on any atom is 0.340 e. The van der Waals surface area contributed by atoms with E-state index in [1.165, 1.54) is 6.20 Å². The highest BCUT2D eigenvalue weighted by atomic mass is 35.5. The first kappa shape index (κ1) is 20.1. The summed E-state index contributed by atoms with van der Waals surface area (Å²) in [4.78, 5) is 30.6. The summed E-state index contributed by atoms with van der Waals surface area (Å²) in [6, 6.07) is 10.4. The lowest BCUT2D eigenvalue weighted by Crippen LogP contribution is -2.36. The Morgan fingerprint density at radius 3 is 2.75 bits per heavy atom. The monoisotopic (exact) mass is 403 g/mol. The zero-order chi connectivity index (χ0) is 19.9. The molecule has 0 spiro atoms. The molecule has 1 amide bonds. The number of rotatable bonds is 6. The van der Waals surface area contributed by atoms with E-state index in [1.54, 1.807) is 24.3 Å². The average Bonchev–Trinajstić information content (AvgIpc) is 2.73. The molecular formula is C20H22ClN3O4. The molecule has 2 aromatic rings. The van der Waals surface area contributed by atoms with Gasteiger partial charge in [-0.05, 0) is 36.8 Å². The third-order valence-corrected chi connectivity index (χ3v) is 4.61. The molecule has 0 radical (unpaired) electrons. The lowest BCUT2D eigenvalue weighted by atomic mass is 10.1. The number of anilines is 1. The Hall–Kier alpha value is -2.64. The highest BCUT2D eigenvalue weighted by molar-refractivity contribution is 6.30. The molecule has 1 aliphatic rings. The summed E-state index contributed by atoms with van der Waals surface area (Å²) in [6.07, 6.45) is 1.46. The van der Waals surface area contributed by atoms with Gasteiger partial charge >= 0.3 is 5.97 Å². The summed E-state index contributed by atoms with van der Waals surface area (Å²) in [5, 5.41) is 3.37. The number of aromatic nitrogens is 1. The van der Waals surface area contributed by atoms with Gasteiger partial charge < -0.3 is 19.7 Å². The molecule has 8 heteroatoms. The fourth-order valence-electron chi connectivity index (χ4n) is 2.84. The van der Waals surface area contributed by atoms with Crippen molar-refractivity contribution < 1.29 is 19.1 Å². The van der Waals surface area contributed by atoms with E-state index >= 15 is 0 Å². The average molecular weight is 404 g/mol. The number of benzene rings is 1. The maximum atomic E-state index is 12.1. The summed E-state index contributed by atoms with van der Waals surface area (Å²) >= 11 is 5.96. The van der Waals surface area contributed by atoms with E-state index in [0.29, 0.717) is 23.8 Å². The fourth-order valence-corrected chi connectivity index (χ4v) is 3.04. The number of amides is 1. The second-order valence-corrected chi connectivity index (χ2v) is 6.86. The minimum absolute atomic E-state index is 0.251. The summed E-state index contributed by atoms with van der Waals surface area (Å²) < 4.78 is 10.4. The largest absolute Gasteiger partial charge is 0.452 e. The first-order chi connectivity index (χ1) is 13.5. The Morgan fingerprint density at radius 1 is 1.29 bits per heavy atom. The quantitative estimate of drug-likeness (QED) is 0.747. The van der Waals surface area contributed by atoms with Crippen molar-refractivity contribution in [3.8, 4) is 0 Å². The van der Waals surface area contributed by atoms with E-state index in [9.17, 15) is 9.59 Å². The van der Waals surface area contributed by atoms with Gasteiger partial charge in [-0.15, -0.1) is 0 Å². The predicted octanol–water partition coefficient (Wildman–Crippen LogP) is 2.61. The standard InChI is InChI=1S/C20H22ClN3O4/c1-14(15-3-2-4-17(21)11-15)23-19(25)13-28-20(26)16-5-6-18(22-12-16)24-7-9-27-10-8-24/h2-6,11-12,14H,7-10,13H2,1H3,(H,23,25). The lowest BCUT2D eigenvalue weighted by molar-refractivity contribution is -0.124. The van der Waals surface area contributed by atoms with Crippen LogP contribution < -0.4 is 10.2 Å². The predicted molar refractivity (Wildman–Crippen MR) is 106 cm³/mol. The van der Waals surface area contributed by atoms with Gasteiger partial charge in [-0.1, -0.05) is 23.7 Å². The topological polar surface area (TPSA) is 80.8 Å². The number of morpholine rings is 1. The van der Waals surface area contributed by atoms with Crippen molar-refractivity contribution in [3.63, 3.8) is 0 Å². The van der Waals surface area contributed by atoms with Crippen LogP contribution in [0.5, 0.6) is 0 Å². The number of carbonyl (C=O) groups excluding carboxylic acids is 2. The van der Waals surface area contributed by atoms with Gasteiger partial charge in [0.15, 0.2) is 6.61 Å². The van der Waals surface area contributed by atoms with Crippen LogP contribution in [0.25, 0.3) is 0 Å². The molecule has 1 unspecified atom stereocenters. The highest BCUT2D eigenvalue weighted by Crippen LogP contribution is 2.17. The molecule has 1 fully saturated rings. The minimum Gasteiger partial charge on any atom is -0.452 e. The van der Waals surface area contributed by atoms with Crippen LogP contribution in [0, 0.1) is 0 Å². The number of nitrogens with one attached hydrogen (secondary N) is 1. The van der Waals surface area contributed by atoms with Crippen molar-refractivity contribution in [3.05, 3.63) is 58.7 Å². The third-order valence-electron chi connectivity index (χ3n) is 4.38. The Balaban J connectivity index is 1.48. The number of nitrogens with zero attached hydrogens (tertiary/aromatic N) is 2. The summed E-state index contributed by atoms with van der Waals surface area (Å²) in [7, 11) is 0. The third kappa shape index (κ3) is 5.43. The Bertz CT molecular complexity index is 822. The molecule has 0 bridgehead atoms. The van der Waals surface area contributed by atoms with Gasteiger partial charge in [0.2, 0.25) is 0 Å². The highest BCUT2D eigenvalue weighted by Gasteiger charge is 2.16. The first-order valence-corrected chi connectivity index (χ1v) is 9.41. The number of esters is 1. The van der Waals surface area contributed by atoms with Gasteiger partial charge in [-0.25, -0.2) is 9.78 Å². The molecule has 7 nitrogen and oxygen atoms in total. The summed E-state index contributed by atoms with van der Waals surface area (Å²) in [6.45, 7) is 4.32. The molecule has 28 heavy (non-hydrogen) atoms. The van der Waals surface area contributed by atoms with Crippen LogP contribution in [0.2, 0.25) is 5.02 Å². The van der Waals surface area contributed by atoms with Gasteiger partial charge in [0.25, 0.3) is 5.91 Å². The van der Waals surface area contributed by atoms with Crippen LogP contribution >= 0.6 is 11.6 Å². The second-order valence-electron chi connectivity index (χ2n) is 6.42. The van der Waals surface area contributed by atoms with Crippen LogP contribution in [0.3, 0.4) is 0 Å². The normalized spacial score (nSPS) is 15.0. The number of pyridine rings is 1. The SMILES string of the molecule is CC(NC(=O)COC(=O)c1ccc(N2CCOCC2)nc1)c1cccc(Cl)c1. The van der Waals surface area contributed by atoms with Crippen molar-refractivity contribution in [1.82, 2.24) is 10.3 Å². The molecule has 0 aliphatic carbocycles. The van der Waals surface area contributed by atoms with Gasteiger partial charge in [-0.3, -0.25) is 4.79 Å². The number of hydrogen-bond donors (Lipinski definition) is 1. The van der Waals surface area contributed by atoms with Crippen molar-refractivity contribution >= 4 is 29.3 Å². The zero-order valence-corrected chi connectivity index (χ0v) is 16.3. The molecular weight excluding hydrogens is 382 g/mol. The van der Waals surface area contributed by atoms with Crippen molar-refractivity contribution in [2.45, 2.75) is 13.0 Å². The number of hydrogen-bond acceptors (Lipinski definition) is 6. The Kier molecular flexibility index (Phi) is 6.84. The van der Waals surface area contributed by atoms with Crippen molar-refractivity contribution in [2.75, 3.05) is 37.8 Å². The van der Waals surface area contributed by atoms with Gasteiger partial charge in [0, 0.05) is 24.3 Å². The number of halogens is 1. The lowest BCUT2D eigenvalue weighted by Gasteiger charge is -2.27. The van der Waals surface area contributed by atoms with Crippen LogP contribution in [-0.4, -0.2) is 49.8 Å². The maximum absolute atomic E-state index is 12.1. The fraction of sp³-hybridized carbons (Fsp3) is 0.350. The minimum atomic E-state index is -0.591.